The third-order valence-electron chi connectivity index (χ3n) is 12.8. The van der Waals surface area contributed by atoms with Crippen LogP contribution < -0.4 is 16.0 Å². The average molecular weight is 806 g/mol. The van der Waals surface area contributed by atoms with Crippen LogP contribution in [0.2, 0.25) is 0 Å². The molecule has 5 heterocycles. The van der Waals surface area contributed by atoms with Gasteiger partial charge in [-0.1, -0.05) is 129 Å². The molecule has 61 heavy (non-hydrogen) atoms. The summed E-state index contributed by atoms with van der Waals surface area (Å²) in [4.78, 5) is 1.55. The van der Waals surface area contributed by atoms with Gasteiger partial charge in [0.2, 0.25) is 0 Å². The Morgan fingerprint density at radius 1 is 0.541 bits per heavy atom. The number of nitrogens with zero attached hydrogens (tertiary/aromatic N) is 3. The molecular weight excluding hydrogens is 741 g/mol. The zero-order valence-electron chi connectivity index (χ0n) is 49.5. The molecule has 298 valence electrons. The standard InChI is InChI=1S/C56H50BN3O/c1-54(2,3)33-25-27-44-39(28-33)40-32-45-48(41-29-34(55(4,5)6)24-26-43(41)58(45)36-18-12-10-13-19-36)49-42-30-35(56(7,8)9)31-46-50(42)57(60(44)51(40)49)53-52(38-22-16-17-23-47(38)61-53)59(46)37-20-14-11-15-21-37/h10-32H,1-9H3/i10D,11D,12D,13D,14D,15D,16D,17D,18D,19D,20D,21D,22D,23D. The topological polar surface area (TPSA) is 26.2 Å². The van der Waals surface area contributed by atoms with Crippen LogP contribution in [-0.2, 0) is 16.2 Å². The summed E-state index contributed by atoms with van der Waals surface area (Å²) in [5, 5.41) is 3.04. The van der Waals surface area contributed by atoms with Gasteiger partial charge in [-0.25, -0.2) is 0 Å². The van der Waals surface area contributed by atoms with Gasteiger partial charge in [0, 0.05) is 60.6 Å². The monoisotopic (exact) mass is 805 g/mol. The van der Waals surface area contributed by atoms with Crippen molar-refractivity contribution in [3.8, 4) is 16.8 Å². The molecule has 7 aromatic carbocycles. The molecule has 10 aromatic rings. The fraction of sp³-hybridized carbons (Fsp3) is 0.214. The fourth-order valence-corrected chi connectivity index (χ4v) is 9.83. The van der Waals surface area contributed by atoms with Gasteiger partial charge < -0.3 is 18.4 Å². The smallest absolute Gasteiger partial charge is 0.375 e. The first kappa shape index (κ1) is 24.7. The van der Waals surface area contributed by atoms with E-state index in [1.54, 1.807) is 9.47 Å². The SMILES string of the molecule is [2H]c1c([2H])c([2H])c(N2c3cc(C(C)(C)C)cc4c3B(c3oc5c([2H])c([2H])c([2H])c([2H])c5c32)n2c3ccc(C(C)(C)C)cc3c3cc5c(c-4c32)c2cc(C(C)(C)C)ccc2n5-c2c([2H])c([2H])c([2H])c([2H])c2[2H])c([2H])c1[2H]. The molecule has 0 N–H and O–H groups in total. The Labute approximate surface area is 377 Å². The number of hydrogen-bond acceptors (Lipinski definition) is 2. The molecule has 0 atom stereocenters. The third-order valence-corrected chi connectivity index (χ3v) is 12.8. The Kier molecular flexibility index (Phi) is 4.90. The van der Waals surface area contributed by atoms with Gasteiger partial charge in [0.25, 0.3) is 0 Å². The number of hydrogen-bond donors (Lipinski definition) is 0. The molecule has 0 amide bonds. The van der Waals surface area contributed by atoms with Crippen LogP contribution in [0.15, 0.2) is 144 Å². The molecule has 5 heteroatoms. The van der Waals surface area contributed by atoms with Gasteiger partial charge in [-0.3, -0.25) is 0 Å². The van der Waals surface area contributed by atoms with E-state index in [1.165, 1.54) is 0 Å². The van der Waals surface area contributed by atoms with Crippen LogP contribution in [0, 0.1) is 0 Å². The van der Waals surface area contributed by atoms with Gasteiger partial charge in [-0.05, 0) is 117 Å². The average Bonchev–Trinajstić information content (AvgIpc) is 4.14. The minimum absolute atomic E-state index is 0.0171. The first-order chi connectivity index (χ1) is 35.0. The predicted octanol–water partition coefficient (Wildman–Crippen LogP) is 13.9. The minimum atomic E-state index is -0.917. The number of fused-ring (bicyclic) bond motifs is 13. The molecule has 0 radical (unpaired) electrons. The molecule has 0 unspecified atom stereocenters. The second-order valence-corrected chi connectivity index (χ2v) is 19.6. The summed E-state index contributed by atoms with van der Waals surface area (Å²) in [5.41, 5.74) is 6.49. The molecule has 12 rings (SSSR count). The first-order valence-electron chi connectivity index (χ1n) is 27.7. The molecule has 2 aliphatic rings. The zero-order valence-corrected chi connectivity index (χ0v) is 35.5. The highest BCUT2D eigenvalue weighted by molar-refractivity contribution is 6.89. The summed E-state index contributed by atoms with van der Waals surface area (Å²) in [7, 11) is 0. The van der Waals surface area contributed by atoms with E-state index in [1.807, 2.05) is 24.3 Å². The van der Waals surface area contributed by atoms with Gasteiger partial charge in [-0.15, -0.1) is 0 Å². The van der Waals surface area contributed by atoms with Crippen LogP contribution >= 0.6 is 0 Å². The summed E-state index contributed by atoms with van der Waals surface area (Å²) >= 11 is 0. The molecule has 0 saturated carbocycles. The van der Waals surface area contributed by atoms with Crippen LogP contribution in [0.3, 0.4) is 0 Å². The van der Waals surface area contributed by atoms with E-state index in [4.69, 9.17) is 15.4 Å². The van der Waals surface area contributed by atoms with E-state index in [2.05, 4.69) is 97.1 Å². The lowest BCUT2D eigenvalue weighted by atomic mass is 9.47. The number of benzene rings is 7. The van der Waals surface area contributed by atoms with Crippen molar-refractivity contribution in [1.82, 2.24) is 9.05 Å². The number of para-hydroxylation sites is 3. The quantitative estimate of drug-likeness (QED) is 0.163. The van der Waals surface area contributed by atoms with Gasteiger partial charge in [0.05, 0.1) is 35.9 Å². The molecule has 2 aliphatic heterocycles. The van der Waals surface area contributed by atoms with E-state index in [9.17, 15) is 8.22 Å². The number of rotatable bonds is 2. The molecule has 4 nitrogen and oxygen atoms in total. The van der Waals surface area contributed by atoms with Crippen LogP contribution in [0.4, 0.5) is 17.1 Å². The van der Waals surface area contributed by atoms with E-state index in [0.717, 1.165) is 49.4 Å². The highest BCUT2D eigenvalue weighted by atomic mass is 16.3. The van der Waals surface area contributed by atoms with Gasteiger partial charge >= 0.3 is 6.85 Å². The lowest BCUT2D eigenvalue weighted by Gasteiger charge is -2.39. The Morgan fingerprint density at radius 2 is 1.15 bits per heavy atom. The summed E-state index contributed by atoms with van der Waals surface area (Å²) in [6.07, 6.45) is 0. The van der Waals surface area contributed by atoms with Gasteiger partial charge in [-0.2, -0.15) is 0 Å². The Morgan fingerprint density at radius 3 is 1.82 bits per heavy atom. The van der Waals surface area contributed by atoms with Crippen LogP contribution in [0.25, 0.3) is 71.4 Å². The number of furan rings is 1. The van der Waals surface area contributed by atoms with Crippen LogP contribution in [-0.4, -0.2) is 15.9 Å². The van der Waals surface area contributed by atoms with E-state index in [0.29, 0.717) is 33.1 Å². The summed E-state index contributed by atoms with van der Waals surface area (Å²) in [5.74, 6) is 0. The first-order valence-corrected chi connectivity index (χ1v) is 20.7. The van der Waals surface area contributed by atoms with Crippen molar-refractivity contribution < 1.29 is 23.6 Å². The lowest BCUT2D eigenvalue weighted by molar-refractivity contribution is 0.590. The molecule has 0 bridgehead atoms. The fourth-order valence-electron chi connectivity index (χ4n) is 9.83. The maximum Gasteiger partial charge on any atom is 0.375 e. The molecular formula is C56H50BN3O. The van der Waals surface area contributed by atoms with Crippen molar-refractivity contribution in [2.75, 3.05) is 4.90 Å². The molecule has 0 fully saturated rings. The van der Waals surface area contributed by atoms with E-state index in [-0.39, 0.29) is 56.6 Å². The van der Waals surface area contributed by atoms with E-state index < -0.39 is 84.8 Å². The maximum absolute atomic E-state index is 9.55. The van der Waals surface area contributed by atoms with Crippen LogP contribution in [0.5, 0.6) is 0 Å². The highest BCUT2D eigenvalue weighted by Gasteiger charge is 2.47. The molecule has 0 aliphatic carbocycles. The minimum Gasteiger partial charge on any atom is -0.466 e. The second kappa shape index (κ2) is 12.1. The van der Waals surface area contributed by atoms with Gasteiger partial charge in [0.1, 0.15) is 11.2 Å². The van der Waals surface area contributed by atoms with Crippen molar-refractivity contribution in [2.45, 2.75) is 78.6 Å². The Bertz CT molecular complexity index is 4260. The largest absolute Gasteiger partial charge is 0.466 e. The van der Waals surface area contributed by atoms with Crippen LogP contribution in [0.1, 0.15) is 98.2 Å². The second-order valence-electron chi connectivity index (χ2n) is 19.6. The molecule has 3 aromatic heterocycles. The van der Waals surface area contributed by atoms with E-state index >= 15 is 0 Å². The molecule has 0 saturated heterocycles. The van der Waals surface area contributed by atoms with Gasteiger partial charge in [0.15, 0.2) is 0 Å². The summed E-state index contributed by atoms with van der Waals surface area (Å²) in [6.45, 7) is 17.9. The zero-order chi connectivity index (χ0) is 54.1. The summed E-state index contributed by atoms with van der Waals surface area (Å²) in [6, 6.07) is 11.4. The number of aromatic nitrogens is 2. The Balaban J connectivity index is 1.41. The van der Waals surface area contributed by atoms with Crippen molar-refractivity contribution in [2.24, 2.45) is 0 Å². The lowest BCUT2D eigenvalue weighted by Crippen LogP contribution is -2.56. The van der Waals surface area contributed by atoms with Crippen molar-refractivity contribution in [3.05, 3.63) is 156 Å². The normalized spacial score (nSPS) is 17.1. The Hall–Kier alpha value is -6.46. The molecule has 0 spiro atoms. The van der Waals surface area contributed by atoms with Crippen molar-refractivity contribution >= 4 is 89.6 Å². The summed E-state index contributed by atoms with van der Waals surface area (Å²) < 4.78 is 138. The highest BCUT2D eigenvalue weighted by Crippen LogP contribution is 2.52. The third kappa shape index (κ3) is 5.01. The van der Waals surface area contributed by atoms with Crippen molar-refractivity contribution in [1.29, 1.82) is 0 Å². The van der Waals surface area contributed by atoms with Crippen molar-refractivity contribution in [3.63, 3.8) is 0 Å². The predicted molar refractivity (Wildman–Crippen MR) is 260 cm³/mol. The maximum atomic E-state index is 9.55. The number of anilines is 3.